The van der Waals surface area contributed by atoms with E-state index in [0.29, 0.717) is 36.3 Å². The van der Waals surface area contributed by atoms with Crippen molar-refractivity contribution in [1.29, 1.82) is 0 Å². The first-order valence-electron chi connectivity index (χ1n) is 11.8. The summed E-state index contributed by atoms with van der Waals surface area (Å²) in [6.45, 7) is 1.19. The molecule has 10 nitrogen and oxygen atoms in total. The van der Waals surface area contributed by atoms with Gasteiger partial charge < -0.3 is 20.7 Å². The van der Waals surface area contributed by atoms with Crippen LogP contribution in [-0.2, 0) is 20.9 Å². The molecule has 0 bridgehead atoms. The maximum Gasteiger partial charge on any atom is 0.404 e. The Morgan fingerprint density at radius 3 is 2.47 bits per heavy atom. The molecule has 3 rings (SSSR count). The zero-order chi connectivity index (χ0) is 24.5. The lowest BCUT2D eigenvalue weighted by Crippen LogP contribution is -2.52. The molecule has 0 spiro atoms. The van der Waals surface area contributed by atoms with Gasteiger partial charge >= 0.3 is 6.09 Å². The Balaban J connectivity index is 1.36. The number of carbonyl (C=O) groups excluding carboxylic acids is 5. The van der Waals surface area contributed by atoms with E-state index in [4.69, 9.17) is 5.73 Å². The number of benzene rings is 1. The van der Waals surface area contributed by atoms with Crippen molar-refractivity contribution < 1.29 is 28.7 Å². The van der Waals surface area contributed by atoms with E-state index in [1.807, 2.05) is 0 Å². The summed E-state index contributed by atoms with van der Waals surface area (Å²) in [7, 11) is 0. The predicted molar refractivity (Wildman–Crippen MR) is 123 cm³/mol. The standard InChI is InChI=1S/C24H32N4O6/c25-24(33)34-13-7-5-3-1-2-4-6-12-26-21(30)16-8-9-18-17(14-16)15-28(23(18)32)19-10-11-20(29)27-22(19)31/h8-9,14,19H,1-7,10-13,15H2,(H2,25,33)(H,26,30)(H,27,29,31). The van der Waals surface area contributed by atoms with Gasteiger partial charge in [-0.1, -0.05) is 32.1 Å². The highest BCUT2D eigenvalue weighted by molar-refractivity contribution is 6.06. The molecule has 1 fully saturated rings. The minimum atomic E-state index is -0.732. The summed E-state index contributed by atoms with van der Waals surface area (Å²) in [5.74, 6) is -1.22. The van der Waals surface area contributed by atoms with Crippen LogP contribution in [0.5, 0.6) is 0 Å². The Bertz CT molecular complexity index is 947. The Morgan fingerprint density at radius 1 is 1.06 bits per heavy atom. The van der Waals surface area contributed by atoms with Crippen LogP contribution in [0.25, 0.3) is 0 Å². The van der Waals surface area contributed by atoms with Gasteiger partial charge in [0.1, 0.15) is 6.04 Å². The second-order valence-electron chi connectivity index (χ2n) is 8.67. The number of rotatable bonds is 12. The van der Waals surface area contributed by atoms with Crippen molar-refractivity contribution >= 4 is 29.7 Å². The van der Waals surface area contributed by atoms with Crippen molar-refractivity contribution in [2.45, 2.75) is 70.4 Å². The molecule has 5 amide bonds. The van der Waals surface area contributed by atoms with Crippen LogP contribution in [0, 0.1) is 0 Å². The Morgan fingerprint density at radius 2 is 1.76 bits per heavy atom. The number of fused-ring (bicyclic) bond motifs is 1. The fraction of sp³-hybridized carbons (Fsp3) is 0.542. The lowest BCUT2D eigenvalue weighted by Gasteiger charge is -2.29. The van der Waals surface area contributed by atoms with E-state index >= 15 is 0 Å². The fourth-order valence-corrected chi connectivity index (χ4v) is 4.30. The van der Waals surface area contributed by atoms with E-state index in [0.717, 1.165) is 44.9 Å². The van der Waals surface area contributed by atoms with Crippen molar-refractivity contribution in [2.75, 3.05) is 13.2 Å². The number of nitrogens with one attached hydrogen (secondary N) is 2. The number of carbonyl (C=O) groups is 5. The van der Waals surface area contributed by atoms with Crippen molar-refractivity contribution in [3.8, 4) is 0 Å². The summed E-state index contributed by atoms with van der Waals surface area (Å²) in [4.78, 5) is 60.7. The minimum absolute atomic E-state index is 0.191. The second kappa shape index (κ2) is 12.2. The summed E-state index contributed by atoms with van der Waals surface area (Å²) in [6, 6.07) is 4.30. The number of primary amides is 1. The molecule has 1 saturated heterocycles. The minimum Gasteiger partial charge on any atom is -0.450 e. The Kier molecular flexibility index (Phi) is 9.00. The van der Waals surface area contributed by atoms with Gasteiger partial charge in [-0.3, -0.25) is 24.5 Å². The number of ether oxygens (including phenoxy) is 1. The molecule has 0 radical (unpaired) electrons. The highest BCUT2D eigenvalue weighted by Gasteiger charge is 2.39. The number of amides is 5. The molecule has 1 aromatic rings. The second-order valence-corrected chi connectivity index (χ2v) is 8.67. The molecule has 34 heavy (non-hydrogen) atoms. The first-order chi connectivity index (χ1) is 16.4. The van der Waals surface area contributed by atoms with Crippen LogP contribution in [-0.4, -0.2) is 53.8 Å². The van der Waals surface area contributed by atoms with Crippen molar-refractivity contribution in [1.82, 2.24) is 15.5 Å². The lowest BCUT2D eigenvalue weighted by atomic mass is 10.0. The average Bonchev–Trinajstić information content (AvgIpc) is 3.12. The highest BCUT2D eigenvalue weighted by Crippen LogP contribution is 2.28. The maximum atomic E-state index is 12.7. The topological polar surface area (TPSA) is 148 Å². The number of hydrogen-bond donors (Lipinski definition) is 3. The number of nitrogens with two attached hydrogens (primary N) is 1. The van der Waals surface area contributed by atoms with Crippen molar-refractivity contribution in [3.63, 3.8) is 0 Å². The molecule has 2 heterocycles. The third kappa shape index (κ3) is 6.79. The number of imide groups is 1. The first-order valence-corrected chi connectivity index (χ1v) is 11.8. The summed E-state index contributed by atoms with van der Waals surface area (Å²) < 4.78 is 4.68. The lowest BCUT2D eigenvalue weighted by molar-refractivity contribution is -0.136. The van der Waals surface area contributed by atoms with Crippen molar-refractivity contribution in [2.24, 2.45) is 5.73 Å². The third-order valence-corrected chi connectivity index (χ3v) is 6.14. The first kappa shape index (κ1) is 25.2. The van der Waals surface area contributed by atoms with Crippen LogP contribution in [0.3, 0.4) is 0 Å². The van der Waals surface area contributed by atoms with Gasteiger partial charge in [0, 0.05) is 30.6 Å². The van der Waals surface area contributed by atoms with Crippen molar-refractivity contribution in [3.05, 3.63) is 34.9 Å². The van der Waals surface area contributed by atoms with Gasteiger partial charge in [-0.2, -0.15) is 0 Å². The number of piperidine rings is 1. The molecule has 0 saturated carbocycles. The normalized spacial score (nSPS) is 17.4. The molecule has 0 aliphatic carbocycles. The monoisotopic (exact) mass is 472 g/mol. The summed E-state index contributed by atoms with van der Waals surface area (Å²) >= 11 is 0. The zero-order valence-electron chi connectivity index (χ0n) is 19.3. The number of nitrogens with zero attached hydrogens (tertiary/aromatic N) is 1. The Labute approximate surface area is 198 Å². The quantitative estimate of drug-likeness (QED) is 0.313. The third-order valence-electron chi connectivity index (χ3n) is 6.14. The average molecular weight is 473 g/mol. The fourth-order valence-electron chi connectivity index (χ4n) is 4.30. The van der Waals surface area contributed by atoms with Gasteiger partial charge in [-0.05, 0) is 43.0 Å². The van der Waals surface area contributed by atoms with Gasteiger partial charge in [0.25, 0.3) is 11.8 Å². The van der Waals surface area contributed by atoms with Gasteiger partial charge in [-0.15, -0.1) is 0 Å². The van der Waals surface area contributed by atoms with Crippen LogP contribution >= 0.6 is 0 Å². The molecule has 1 atom stereocenters. The van der Waals surface area contributed by atoms with E-state index in [9.17, 15) is 24.0 Å². The summed E-state index contributed by atoms with van der Waals surface area (Å²) in [5, 5.41) is 5.20. The molecular formula is C24H32N4O6. The van der Waals surface area contributed by atoms with Crippen LogP contribution in [0.15, 0.2) is 18.2 Å². The summed E-state index contributed by atoms with van der Waals surface area (Å²) in [6.07, 6.45) is 6.71. The number of unbranched alkanes of at least 4 members (excludes halogenated alkanes) is 6. The molecule has 0 aromatic heterocycles. The molecular weight excluding hydrogens is 440 g/mol. The largest absolute Gasteiger partial charge is 0.450 e. The van der Waals surface area contributed by atoms with E-state index in [1.54, 1.807) is 18.2 Å². The van der Waals surface area contributed by atoms with Gasteiger partial charge in [0.2, 0.25) is 11.8 Å². The van der Waals surface area contributed by atoms with E-state index in [1.165, 1.54) is 4.90 Å². The number of hydrogen-bond acceptors (Lipinski definition) is 6. The maximum absolute atomic E-state index is 12.7. The molecule has 10 heteroatoms. The van der Waals surface area contributed by atoms with Gasteiger partial charge in [0.05, 0.1) is 6.61 Å². The van der Waals surface area contributed by atoms with Crippen LogP contribution in [0.1, 0.15) is 84.1 Å². The van der Waals surface area contributed by atoms with E-state index in [-0.39, 0.29) is 30.7 Å². The smallest absolute Gasteiger partial charge is 0.404 e. The molecule has 1 aromatic carbocycles. The predicted octanol–water partition coefficient (Wildman–Crippen LogP) is 2.00. The molecule has 184 valence electrons. The van der Waals surface area contributed by atoms with Crippen LogP contribution in [0.4, 0.5) is 4.79 Å². The molecule has 4 N–H and O–H groups in total. The van der Waals surface area contributed by atoms with Gasteiger partial charge in [0.15, 0.2) is 0 Å². The van der Waals surface area contributed by atoms with E-state index in [2.05, 4.69) is 15.4 Å². The molecule has 1 unspecified atom stereocenters. The highest BCUT2D eigenvalue weighted by atomic mass is 16.5. The molecule has 2 aliphatic rings. The van der Waals surface area contributed by atoms with E-state index < -0.39 is 18.0 Å². The zero-order valence-corrected chi connectivity index (χ0v) is 19.3. The summed E-state index contributed by atoms with van der Waals surface area (Å²) in [5.41, 5.74) is 6.58. The Hall–Kier alpha value is -3.43. The molecule has 2 aliphatic heterocycles. The van der Waals surface area contributed by atoms with Crippen LogP contribution in [0.2, 0.25) is 0 Å². The SMILES string of the molecule is NC(=O)OCCCCCCCCCNC(=O)c1ccc2c(c1)CN(C1CCC(=O)NC1=O)C2=O. The van der Waals surface area contributed by atoms with Crippen LogP contribution < -0.4 is 16.4 Å². The van der Waals surface area contributed by atoms with Gasteiger partial charge in [-0.25, -0.2) is 4.79 Å².